The fraction of sp³-hybridized carbons (Fsp3) is 0.385. The number of carboxylic acid groups (broad SMARTS) is 1. The lowest BCUT2D eigenvalue weighted by Crippen LogP contribution is -2.29. The smallest absolute Gasteiger partial charge is 0.404 e. The third-order valence-electron chi connectivity index (χ3n) is 3.31. The van der Waals surface area contributed by atoms with Crippen molar-refractivity contribution in [3.8, 4) is 6.07 Å². The number of benzene rings is 1. The third-order valence-corrected chi connectivity index (χ3v) is 3.31. The molecule has 1 aliphatic heterocycles. The molecule has 1 heterocycles. The SMILES string of the molecule is N#Cc1cc(N)ccc1N1CCC(CNC(=O)O)C1. The maximum atomic E-state index is 10.5. The molecule has 19 heavy (non-hydrogen) atoms. The summed E-state index contributed by atoms with van der Waals surface area (Å²) in [5.41, 5.74) is 7.67. The van der Waals surface area contributed by atoms with Crippen molar-refractivity contribution in [2.75, 3.05) is 30.3 Å². The van der Waals surface area contributed by atoms with Crippen molar-refractivity contribution >= 4 is 17.5 Å². The number of carbonyl (C=O) groups is 1. The van der Waals surface area contributed by atoms with E-state index in [-0.39, 0.29) is 5.92 Å². The number of amides is 1. The second-order valence-corrected chi connectivity index (χ2v) is 4.68. The van der Waals surface area contributed by atoms with Gasteiger partial charge in [0.15, 0.2) is 0 Å². The predicted molar refractivity (Wildman–Crippen MR) is 71.9 cm³/mol. The van der Waals surface area contributed by atoms with Crippen LogP contribution in [0.2, 0.25) is 0 Å². The second-order valence-electron chi connectivity index (χ2n) is 4.68. The minimum absolute atomic E-state index is 0.278. The van der Waals surface area contributed by atoms with Crippen LogP contribution in [0.15, 0.2) is 18.2 Å². The average molecular weight is 260 g/mol. The summed E-state index contributed by atoms with van der Waals surface area (Å²) in [6.45, 7) is 2.02. The van der Waals surface area contributed by atoms with E-state index in [1.165, 1.54) is 0 Å². The highest BCUT2D eigenvalue weighted by Crippen LogP contribution is 2.27. The van der Waals surface area contributed by atoms with Gasteiger partial charge in [-0.25, -0.2) is 4.79 Å². The summed E-state index contributed by atoms with van der Waals surface area (Å²) in [6.07, 6.45) is -0.0844. The first-order valence-electron chi connectivity index (χ1n) is 6.11. The van der Waals surface area contributed by atoms with Crippen molar-refractivity contribution in [1.82, 2.24) is 5.32 Å². The van der Waals surface area contributed by atoms with E-state index < -0.39 is 6.09 Å². The van der Waals surface area contributed by atoms with E-state index in [1.54, 1.807) is 12.1 Å². The molecule has 1 unspecified atom stereocenters. The average Bonchev–Trinajstić information content (AvgIpc) is 2.84. The van der Waals surface area contributed by atoms with Gasteiger partial charge in [-0.2, -0.15) is 5.26 Å². The highest BCUT2D eigenvalue weighted by molar-refractivity contribution is 5.65. The van der Waals surface area contributed by atoms with Crippen LogP contribution in [-0.4, -0.2) is 30.8 Å². The van der Waals surface area contributed by atoms with Crippen LogP contribution in [-0.2, 0) is 0 Å². The van der Waals surface area contributed by atoms with Crippen molar-refractivity contribution in [1.29, 1.82) is 5.26 Å². The molecule has 0 bridgehead atoms. The molecule has 0 radical (unpaired) electrons. The lowest BCUT2D eigenvalue weighted by molar-refractivity contribution is 0.192. The number of rotatable bonds is 3. The Morgan fingerprint density at radius 1 is 1.63 bits per heavy atom. The van der Waals surface area contributed by atoms with Crippen molar-refractivity contribution < 1.29 is 9.90 Å². The van der Waals surface area contributed by atoms with Gasteiger partial charge in [0.2, 0.25) is 0 Å². The van der Waals surface area contributed by atoms with Gasteiger partial charge in [0, 0.05) is 25.3 Å². The maximum absolute atomic E-state index is 10.5. The number of nitrogen functional groups attached to an aromatic ring is 1. The first-order valence-corrected chi connectivity index (χ1v) is 6.11. The first kappa shape index (κ1) is 13.0. The van der Waals surface area contributed by atoms with Gasteiger partial charge in [-0.15, -0.1) is 0 Å². The molecule has 100 valence electrons. The third kappa shape index (κ3) is 3.07. The number of hydrogen-bond acceptors (Lipinski definition) is 4. The van der Waals surface area contributed by atoms with Crippen molar-refractivity contribution in [3.63, 3.8) is 0 Å². The Balaban J connectivity index is 2.05. The molecule has 6 nitrogen and oxygen atoms in total. The van der Waals surface area contributed by atoms with E-state index in [4.69, 9.17) is 16.1 Å². The number of hydrogen-bond donors (Lipinski definition) is 3. The zero-order valence-electron chi connectivity index (χ0n) is 10.5. The van der Waals surface area contributed by atoms with E-state index >= 15 is 0 Å². The van der Waals surface area contributed by atoms with Crippen LogP contribution in [0.4, 0.5) is 16.2 Å². The topological polar surface area (TPSA) is 102 Å². The molecule has 1 saturated heterocycles. The van der Waals surface area contributed by atoms with Crippen LogP contribution >= 0.6 is 0 Å². The molecular formula is C13H16N4O2. The Morgan fingerprint density at radius 2 is 2.42 bits per heavy atom. The second kappa shape index (κ2) is 5.48. The first-order chi connectivity index (χ1) is 9.10. The Morgan fingerprint density at radius 3 is 3.11 bits per heavy atom. The molecule has 0 saturated carbocycles. The predicted octanol–water partition coefficient (Wildman–Crippen LogP) is 1.23. The molecule has 0 aliphatic carbocycles. The molecule has 0 aromatic heterocycles. The number of nitriles is 1. The monoisotopic (exact) mass is 260 g/mol. The quantitative estimate of drug-likeness (QED) is 0.709. The van der Waals surface area contributed by atoms with E-state index in [1.807, 2.05) is 6.07 Å². The van der Waals surface area contributed by atoms with E-state index in [2.05, 4.69) is 16.3 Å². The van der Waals surface area contributed by atoms with Gasteiger partial charge < -0.3 is 21.1 Å². The molecule has 1 fully saturated rings. The normalized spacial score (nSPS) is 18.1. The number of nitrogens with one attached hydrogen (secondary N) is 1. The molecule has 1 aromatic carbocycles. The van der Waals surface area contributed by atoms with Gasteiger partial charge in [-0.3, -0.25) is 0 Å². The minimum Gasteiger partial charge on any atom is -0.465 e. The lowest BCUT2D eigenvalue weighted by atomic mass is 10.1. The highest BCUT2D eigenvalue weighted by Gasteiger charge is 2.24. The molecule has 1 aliphatic rings. The number of anilines is 2. The summed E-state index contributed by atoms with van der Waals surface area (Å²) in [5, 5.41) is 20.1. The standard InChI is InChI=1S/C13H16N4O2/c14-6-10-5-11(15)1-2-12(10)17-4-3-9(8-17)7-16-13(18)19/h1-2,5,9,16H,3-4,7-8,15H2,(H,18,19). The Bertz CT molecular complexity index is 524. The summed E-state index contributed by atoms with van der Waals surface area (Å²) in [7, 11) is 0. The van der Waals surface area contributed by atoms with Crippen molar-refractivity contribution in [2.24, 2.45) is 5.92 Å². The molecule has 6 heteroatoms. The van der Waals surface area contributed by atoms with Gasteiger partial charge in [-0.05, 0) is 30.5 Å². The van der Waals surface area contributed by atoms with Gasteiger partial charge in [0.25, 0.3) is 0 Å². The molecule has 1 aromatic rings. The molecular weight excluding hydrogens is 244 g/mol. The molecule has 0 spiro atoms. The zero-order chi connectivity index (χ0) is 13.8. The lowest BCUT2D eigenvalue weighted by Gasteiger charge is -2.20. The van der Waals surface area contributed by atoms with Crippen LogP contribution in [0.1, 0.15) is 12.0 Å². The van der Waals surface area contributed by atoms with Crippen molar-refractivity contribution in [2.45, 2.75) is 6.42 Å². The van der Waals surface area contributed by atoms with Gasteiger partial charge >= 0.3 is 6.09 Å². The molecule has 1 amide bonds. The summed E-state index contributed by atoms with van der Waals surface area (Å²) in [4.78, 5) is 12.6. The molecule has 4 N–H and O–H groups in total. The fourth-order valence-corrected chi connectivity index (χ4v) is 2.37. The Kier molecular flexibility index (Phi) is 3.76. The van der Waals surface area contributed by atoms with Crippen molar-refractivity contribution in [3.05, 3.63) is 23.8 Å². The fourth-order valence-electron chi connectivity index (χ4n) is 2.37. The van der Waals surface area contributed by atoms with E-state index in [0.717, 1.165) is 25.2 Å². The summed E-state index contributed by atoms with van der Waals surface area (Å²) in [5.74, 6) is 0.278. The van der Waals surface area contributed by atoms with Crippen LogP contribution in [0.5, 0.6) is 0 Å². The van der Waals surface area contributed by atoms with E-state index in [0.29, 0.717) is 17.8 Å². The number of nitrogens with zero attached hydrogens (tertiary/aromatic N) is 2. The minimum atomic E-state index is -0.997. The Hall–Kier alpha value is -2.42. The van der Waals surface area contributed by atoms with Crippen LogP contribution in [0.3, 0.4) is 0 Å². The van der Waals surface area contributed by atoms with Crippen LogP contribution < -0.4 is 16.0 Å². The molecule has 2 rings (SSSR count). The number of nitrogens with two attached hydrogens (primary N) is 1. The van der Waals surface area contributed by atoms with Gasteiger partial charge in [0.1, 0.15) is 6.07 Å². The zero-order valence-corrected chi connectivity index (χ0v) is 10.5. The summed E-state index contributed by atoms with van der Waals surface area (Å²) < 4.78 is 0. The largest absolute Gasteiger partial charge is 0.465 e. The van der Waals surface area contributed by atoms with Gasteiger partial charge in [0.05, 0.1) is 11.3 Å². The summed E-state index contributed by atoms with van der Waals surface area (Å²) in [6, 6.07) is 7.44. The molecule has 1 atom stereocenters. The van der Waals surface area contributed by atoms with Crippen LogP contribution in [0.25, 0.3) is 0 Å². The van der Waals surface area contributed by atoms with Gasteiger partial charge in [-0.1, -0.05) is 0 Å². The van der Waals surface area contributed by atoms with E-state index in [9.17, 15) is 4.79 Å². The maximum Gasteiger partial charge on any atom is 0.404 e. The highest BCUT2D eigenvalue weighted by atomic mass is 16.4. The Labute approximate surface area is 111 Å². The summed E-state index contributed by atoms with van der Waals surface area (Å²) >= 11 is 0. The van der Waals surface area contributed by atoms with Crippen LogP contribution in [0, 0.1) is 17.2 Å².